The van der Waals surface area contributed by atoms with Crippen LogP contribution in [0.2, 0.25) is 0 Å². The van der Waals surface area contributed by atoms with Gasteiger partial charge in [-0.25, -0.2) is 0 Å². The van der Waals surface area contributed by atoms with Gasteiger partial charge in [0.2, 0.25) is 12.5 Å². The number of rotatable bonds is 9. The molecule has 0 bridgehead atoms. The maximum atomic E-state index is 13.0. The van der Waals surface area contributed by atoms with Crippen molar-refractivity contribution in [2.24, 2.45) is 5.16 Å². The summed E-state index contributed by atoms with van der Waals surface area (Å²) in [7, 11) is 1.03. The lowest BCUT2D eigenvalue weighted by Crippen LogP contribution is -2.25. The van der Waals surface area contributed by atoms with Crippen LogP contribution in [0.25, 0.3) is 0 Å². The van der Waals surface area contributed by atoms with Gasteiger partial charge in [-0.05, 0) is 56.2 Å². The van der Waals surface area contributed by atoms with E-state index in [0.717, 1.165) is 36.2 Å². The number of halogens is 3. The first-order valence-corrected chi connectivity index (χ1v) is 9.01. The number of aryl methyl sites for hydroxylation is 2. The average molecular weight is 424 g/mol. The van der Waals surface area contributed by atoms with E-state index in [-0.39, 0.29) is 18.2 Å². The molecule has 1 aromatic heterocycles. The van der Waals surface area contributed by atoms with Gasteiger partial charge in [0.1, 0.15) is 31.0 Å². The summed E-state index contributed by atoms with van der Waals surface area (Å²) in [5.74, 6) is 1.62. The first-order valence-electron chi connectivity index (χ1n) is 9.01. The molecule has 0 spiro atoms. The van der Waals surface area contributed by atoms with Crippen molar-refractivity contribution >= 4 is 5.71 Å². The number of hydrogen-bond donors (Lipinski definition) is 0. The van der Waals surface area contributed by atoms with Crippen LogP contribution < -0.4 is 14.2 Å². The van der Waals surface area contributed by atoms with Crippen LogP contribution in [0.15, 0.2) is 47.8 Å². The molecule has 0 saturated heterocycles. The monoisotopic (exact) mass is 424 g/mol. The summed E-state index contributed by atoms with van der Waals surface area (Å²) >= 11 is 0. The number of nitrogens with zero attached hydrogens (tertiary/aromatic N) is 2. The molecule has 2 aromatic rings. The largest absolute Gasteiger partial charge is 0.490 e. The van der Waals surface area contributed by atoms with E-state index in [1.807, 2.05) is 45.1 Å². The third-order valence-corrected chi connectivity index (χ3v) is 3.87. The van der Waals surface area contributed by atoms with Crippen LogP contribution in [-0.2, 0) is 4.84 Å². The number of oxime groups is 1. The fourth-order valence-electron chi connectivity index (χ4n) is 2.56. The van der Waals surface area contributed by atoms with Crippen LogP contribution in [0.5, 0.6) is 17.2 Å². The van der Waals surface area contributed by atoms with Crippen molar-refractivity contribution in [1.82, 2.24) is 4.98 Å². The molecule has 0 atom stereocenters. The summed E-state index contributed by atoms with van der Waals surface area (Å²) in [4.78, 5) is 7.99. The maximum Gasteiger partial charge on any atom is 0.438 e. The number of allylic oxidation sites excluding steroid dienone is 1. The molecule has 0 amide bonds. The van der Waals surface area contributed by atoms with E-state index in [1.54, 1.807) is 0 Å². The van der Waals surface area contributed by atoms with E-state index >= 15 is 0 Å². The summed E-state index contributed by atoms with van der Waals surface area (Å²) in [5, 5.41) is 3.00. The highest BCUT2D eigenvalue weighted by Crippen LogP contribution is 2.29. The Hall–Kier alpha value is -3.23. The summed E-state index contributed by atoms with van der Waals surface area (Å²) in [6.45, 7) is 6.03. The van der Waals surface area contributed by atoms with E-state index in [2.05, 4.69) is 15.0 Å². The average Bonchev–Trinajstić information content (AvgIpc) is 2.68. The van der Waals surface area contributed by atoms with E-state index in [1.165, 1.54) is 6.07 Å². The summed E-state index contributed by atoms with van der Waals surface area (Å²) in [6.07, 6.45) is 0.283. The number of benzene rings is 1. The second-order valence-corrected chi connectivity index (χ2v) is 6.17. The summed E-state index contributed by atoms with van der Waals surface area (Å²) < 4.78 is 55.6. The van der Waals surface area contributed by atoms with Crippen LogP contribution in [0.4, 0.5) is 13.2 Å². The third kappa shape index (κ3) is 6.40. The minimum atomic E-state index is -4.69. The van der Waals surface area contributed by atoms with E-state index < -0.39 is 11.9 Å². The zero-order valence-electron chi connectivity index (χ0n) is 17.1. The molecule has 30 heavy (non-hydrogen) atoms. The molecule has 0 aliphatic rings. The number of aromatic nitrogens is 1. The van der Waals surface area contributed by atoms with Crippen molar-refractivity contribution in [1.29, 1.82) is 0 Å². The molecule has 1 aromatic carbocycles. The molecule has 2 rings (SSSR count). The minimum Gasteiger partial charge on any atom is -0.490 e. The highest BCUT2D eigenvalue weighted by atomic mass is 19.4. The zero-order valence-corrected chi connectivity index (χ0v) is 17.1. The van der Waals surface area contributed by atoms with Crippen molar-refractivity contribution in [3.63, 3.8) is 0 Å². The van der Waals surface area contributed by atoms with Gasteiger partial charge in [0.05, 0.1) is 11.9 Å². The molecule has 0 unspecified atom stereocenters. The molecule has 0 aliphatic carbocycles. The van der Waals surface area contributed by atoms with Crippen molar-refractivity contribution in [2.75, 3.05) is 20.5 Å². The van der Waals surface area contributed by atoms with Gasteiger partial charge < -0.3 is 19.0 Å². The Bertz CT molecular complexity index is 871. The highest BCUT2D eigenvalue weighted by Gasteiger charge is 2.38. The van der Waals surface area contributed by atoms with E-state index in [0.29, 0.717) is 12.4 Å². The van der Waals surface area contributed by atoms with Gasteiger partial charge >= 0.3 is 6.18 Å². The number of pyridine rings is 1. The van der Waals surface area contributed by atoms with Gasteiger partial charge in [0.25, 0.3) is 0 Å². The normalized spacial score (nSPS) is 12.2. The van der Waals surface area contributed by atoms with Crippen molar-refractivity contribution in [2.45, 2.75) is 26.9 Å². The molecule has 1 heterocycles. The second-order valence-electron chi connectivity index (χ2n) is 6.17. The Labute approximate surface area is 172 Å². The first kappa shape index (κ1) is 23.1. The predicted molar refractivity (Wildman–Crippen MR) is 106 cm³/mol. The molecular weight excluding hydrogens is 401 g/mol. The summed E-state index contributed by atoms with van der Waals surface area (Å²) in [5.41, 5.74) is 0.134. The Morgan fingerprint density at radius 2 is 1.77 bits per heavy atom. The Kier molecular flexibility index (Phi) is 8.08. The van der Waals surface area contributed by atoms with E-state index in [9.17, 15) is 13.2 Å². The first-order chi connectivity index (χ1) is 14.3. The smallest absolute Gasteiger partial charge is 0.438 e. The molecular formula is C21H23F3N2O4. The number of hydrogen-bond acceptors (Lipinski definition) is 6. The van der Waals surface area contributed by atoms with Gasteiger partial charge in [-0.3, -0.25) is 4.98 Å². The maximum absolute atomic E-state index is 13.0. The van der Waals surface area contributed by atoms with Gasteiger partial charge in [0.15, 0.2) is 0 Å². The Morgan fingerprint density at radius 1 is 1.07 bits per heavy atom. The predicted octanol–water partition coefficient (Wildman–Crippen LogP) is 4.98. The molecule has 9 heteroatoms. The Balaban J connectivity index is 1.99. The molecule has 0 N–H and O–H groups in total. The lowest BCUT2D eigenvalue weighted by Gasteiger charge is -2.15. The van der Waals surface area contributed by atoms with Crippen LogP contribution >= 0.6 is 0 Å². The highest BCUT2D eigenvalue weighted by molar-refractivity contribution is 6.02. The van der Waals surface area contributed by atoms with Gasteiger partial charge in [-0.1, -0.05) is 17.3 Å². The van der Waals surface area contributed by atoms with Gasteiger partial charge in [0, 0.05) is 0 Å². The van der Waals surface area contributed by atoms with Crippen molar-refractivity contribution < 1.29 is 32.2 Å². The van der Waals surface area contributed by atoms with Gasteiger partial charge in [-0.2, -0.15) is 13.2 Å². The molecule has 0 fully saturated rings. The molecule has 6 nitrogen and oxygen atoms in total. The van der Waals surface area contributed by atoms with Crippen molar-refractivity contribution in [3.8, 4) is 17.2 Å². The zero-order chi connectivity index (χ0) is 22.1. The third-order valence-electron chi connectivity index (χ3n) is 3.87. The molecule has 0 aliphatic heterocycles. The fourth-order valence-corrected chi connectivity index (χ4v) is 2.56. The van der Waals surface area contributed by atoms with Crippen LogP contribution in [-0.4, -0.2) is 37.4 Å². The number of ether oxygens (including phenoxy) is 3. The van der Waals surface area contributed by atoms with Crippen LogP contribution in [0, 0.1) is 13.8 Å². The standard InChI is InChI=1S/C21H23F3N2O4/c1-5-6-9-28-17-10-14(2)19(15(3)11-17)30-13-29-16-7-8-18(25-12-16)20(26-27-4)21(22,23)24/h5-8,10-12H,9,13H2,1-4H3/b6-5+,26-20?. The Morgan fingerprint density at radius 3 is 2.30 bits per heavy atom. The molecule has 0 radical (unpaired) electrons. The van der Waals surface area contributed by atoms with Crippen LogP contribution in [0.3, 0.4) is 0 Å². The molecule has 0 saturated carbocycles. The summed E-state index contributed by atoms with van der Waals surface area (Å²) in [6, 6.07) is 6.21. The quantitative estimate of drug-likeness (QED) is 0.246. The lowest BCUT2D eigenvalue weighted by molar-refractivity contribution is -0.0609. The topological polar surface area (TPSA) is 62.2 Å². The molecule has 162 valence electrons. The minimum absolute atomic E-state index is 0.139. The van der Waals surface area contributed by atoms with E-state index in [4.69, 9.17) is 14.2 Å². The van der Waals surface area contributed by atoms with Crippen LogP contribution in [0.1, 0.15) is 23.7 Å². The lowest BCUT2D eigenvalue weighted by atomic mass is 10.1. The second kappa shape index (κ2) is 10.5. The van der Waals surface area contributed by atoms with Crippen molar-refractivity contribution in [3.05, 3.63) is 59.4 Å². The SMILES string of the molecule is C/C=C/COc1cc(C)c(OCOc2ccc(C(=NOC)C(F)(F)F)nc2)c(C)c1. The fraction of sp³-hybridized carbons (Fsp3) is 0.333. The van der Waals surface area contributed by atoms with Gasteiger partial charge in [-0.15, -0.1) is 0 Å². The number of alkyl halides is 3.